The molecule has 1 atom stereocenters. The van der Waals surface area contributed by atoms with Gasteiger partial charge < -0.3 is 5.11 Å². The molecule has 1 aromatic rings. The Balaban J connectivity index is 2.20. The molecule has 0 heterocycles. The Labute approximate surface area is 108 Å². The number of carbonyl (C=O) groups is 1. The van der Waals surface area contributed by atoms with Crippen LogP contribution in [0.2, 0.25) is 0 Å². The fourth-order valence-electron chi connectivity index (χ4n) is 1.63. The molecule has 0 saturated heterocycles. The molecule has 100 valence electrons. The second kappa shape index (κ2) is 8.66. The Morgan fingerprint density at radius 1 is 1.39 bits per heavy atom. The third-order valence-corrected chi connectivity index (χ3v) is 2.77. The Hall–Kier alpha value is -1.39. The summed E-state index contributed by atoms with van der Waals surface area (Å²) in [5.74, 6) is -1.14. The number of nitrogens with one attached hydrogen (secondary N) is 1. The third kappa shape index (κ3) is 5.80. The molecule has 0 aliphatic rings. The first-order valence-corrected chi connectivity index (χ1v) is 6.35. The van der Waals surface area contributed by atoms with Crippen molar-refractivity contribution in [1.29, 1.82) is 0 Å². The van der Waals surface area contributed by atoms with E-state index in [-0.39, 0.29) is 5.92 Å². The van der Waals surface area contributed by atoms with Crippen molar-refractivity contribution in [2.24, 2.45) is 5.92 Å². The largest absolute Gasteiger partial charge is 0.481 e. The highest BCUT2D eigenvalue weighted by molar-refractivity contribution is 5.70. The topological polar surface area (TPSA) is 58.6 Å². The second-order valence-electron chi connectivity index (χ2n) is 4.30. The van der Waals surface area contributed by atoms with Crippen molar-refractivity contribution < 1.29 is 14.7 Å². The number of hydrogen-bond acceptors (Lipinski definition) is 3. The summed E-state index contributed by atoms with van der Waals surface area (Å²) in [5.41, 5.74) is 3.80. The normalized spacial score (nSPS) is 12.3. The number of aliphatic carboxylic acids is 1. The molecule has 0 amide bonds. The molecule has 1 aromatic carbocycles. The van der Waals surface area contributed by atoms with Gasteiger partial charge in [-0.2, -0.15) is 0 Å². The molecule has 0 fully saturated rings. The summed E-state index contributed by atoms with van der Waals surface area (Å²) in [6, 6.07) is 9.77. The molecule has 0 aliphatic heterocycles. The number of hydroxylamine groups is 1. The molecule has 1 unspecified atom stereocenters. The van der Waals surface area contributed by atoms with Crippen molar-refractivity contribution in [3.8, 4) is 0 Å². The zero-order valence-electron chi connectivity index (χ0n) is 10.8. The standard InChI is InChI=1S/C14H21NO3/c1-2-3-9-13(14(16)17)10-15-18-11-12-7-5-4-6-8-12/h4-8,13,15H,2-3,9-11H2,1H3,(H,16,17). The van der Waals surface area contributed by atoms with Crippen LogP contribution >= 0.6 is 0 Å². The number of carboxylic acids is 1. The first kappa shape index (κ1) is 14.7. The van der Waals surface area contributed by atoms with Gasteiger partial charge in [-0.15, -0.1) is 0 Å². The van der Waals surface area contributed by atoms with Crippen LogP contribution in [0.3, 0.4) is 0 Å². The van der Waals surface area contributed by atoms with Crippen LogP contribution in [0.25, 0.3) is 0 Å². The fraction of sp³-hybridized carbons (Fsp3) is 0.500. The highest BCUT2D eigenvalue weighted by Gasteiger charge is 2.16. The minimum absolute atomic E-state index is 0.349. The van der Waals surface area contributed by atoms with Crippen molar-refractivity contribution in [1.82, 2.24) is 5.48 Å². The average Bonchev–Trinajstić information content (AvgIpc) is 2.38. The molecule has 4 heteroatoms. The molecule has 18 heavy (non-hydrogen) atoms. The molecule has 0 bridgehead atoms. The Kier molecular flexibility index (Phi) is 7.06. The minimum atomic E-state index is -0.765. The SMILES string of the molecule is CCCCC(CNOCc1ccccc1)C(=O)O. The van der Waals surface area contributed by atoms with Crippen LogP contribution in [0, 0.1) is 5.92 Å². The number of carboxylic acid groups (broad SMARTS) is 1. The maximum Gasteiger partial charge on any atom is 0.307 e. The molecule has 1 rings (SSSR count). The minimum Gasteiger partial charge on any atom is -0.481 e. The molecule has 0 aliphatic carbocycles. The number of hydrogen-bond donors (Lipinski definition) is 2. The molecule has 0 radical (unpaired) electrons. The number of unbranched alkanes of at least 4 members (excludes halogenated alkanes) is 1. The van der Waals surface area contributed by atoms with Crippen LogP contribution in [0.1, 0.15) is 31.7 Å². The monoisotopic (exact) mass is 251 g/mol. The van der Waals surface area contributed by atoms with Crippen LogP contribution < -0.4 is 5.48 Å². The first-order chi connectivity index (χ1) is 8.74. The van der Waals surface area contributed by atoms with Gasteiger partial charge >= 0.3 is 5.97 Å². The van der Waals surface area contributed by atoms with Crippen LogP contribution in [0.15, 0.2) is 30.3 Å². The summed E-state index contributed by atoms with van der Waals surface area (Å²) in [6.45, 7) is 2.85. The fourth-order valence-corrected chi connectivity index (χ4v) is 1.63. The van der Waals surface area contributed by atoms with Crippen LogP contribution in [-0.2, 0) is 16.2 Å². The van der Waals surface area contributed by atoms with Crippen molar-refractivity contribution in [2.45, 2.75) is 32.8 Å². The number of rotatable bonds is 9. The first-order valence-electron chi connectivity index (χ1n) is 6.35. The molecular formula is C14H21NO3. The summed E-state index contributed by atoms with van der Waals surface area (Å²) < 4.78 is 0. The van der Waals surface area contributed by atoms with Gasteiger partial charge in [0.15, 0.2) is 0 Å². The molecule has 4 nitrogen and oxygen atoms in total. The van der Waals surface area contributed by atoms with Crippen LogP contribution in [0.4, 0.5) is 0 Å². The second-order valence-corrected chi connectivity index (χ2v) is 4.30. The van der Waals surface area contributed by atoms with Crippen LogP contribution in [-0.4, -0.2) is 17.6 Å². The lowest BCUT2D eigenvalue weighted by molar-refractivity contribution is -0.143. The van der Waals surface area contributed by atoms with E-state index in [9.17, 15) is 4.79 Å². The van der Waals surface area contributed by atoms with Gasteiger partial charge in [0.25, 0.3) is 0 Å². The molecule has 0 spiro atoms. The molecule has 0 aromatic heterocycles. The highest BCUT2D eigenvalue weighted by Crippen LogP contribution is 2.08. The number of benzene rings is 1. The van der Waals surface area contributed by atoms with Gasteiger partial charge in [0.05, 0.1) is 12.5 Å². The van der Waals surface area contributed by atoms with Gasteiger partial charge in [-0.05, 0) is 12.0 Å². The summed E-state index contributed by atoms with van der Waals surface area (Å²) in [6.07, 6.45) is 2.62. The zero-order valence-corrected chi connectivity index (χ0v) is 10.8. The van der Waals surface area contributed by atoms with Gasteiger partial charge in [0.1, 0.15) is 0 Å². The Morgan fingerprint density at radius 3 is 2.72 bits per heavy atom. The summed E-state index contributed by atoms with van der Waals surface area (Å²) in [4.78, 5) is 16.2. The van der Waals surface area contributed by atoms with Gasteiger partial charge in [0.2, 0.25) is 0 Å². The van der Waals surface area contributed by atoms with E-state index < -0.39 is 5.97 Å². The predicted octanol–water partition coefficient (Wildman–Crippen LogP) is 2.60. The van der Waals surface area contributed by atoms with Gasteiger partial charge in [-0.25, -0.2) is 5.48 Å². The van der Waals surface area contributed by atoms with Gasteiger partial charge in [-0.3, -0.25) is 9.63 Å². The summed E-state index contributed by atoms with van der Waals surface area (Å²) in [5, 5.41) is 9.02. The molecule has 0 saturated carbocycles. The van der Waals surface area contributed by atoms with Gasteiger partial charge in [-0.1, -0.05) is 50.1 Å². The summed E-state index contributed by atoms with van der Waals surface area (Å²) in [7, 11) is 0. The molecular weight excluding hydrogens is 230 g/mol. The van der Waals surface area contributed by atoms with Gasteiger partial charge in [0, 0.05) is 6.54 Å². The average molecular weight is 251 g/mol. The molecule has 2 N–H and O–H groups in total. The lowest BCUT2D eigenvalue weighted by Crippen LogP contribution is -2.28. The van der Waals surface area contributed by atoms with E-state index in [4.69, 9.17) is 9.94 Å². The zero-order chi connectivity index (χ0) is 13.2. The third-order valence-electron chi connectivity index (χ3n) is 2.77. The Morgan fingerprint density at radius 2 is 2.11 bits per heavy atom. The summed E-state index contributed by atoms with van der Waals surface area (Å²) >= 11 is 0. The van der Waals surface area contributed by atoms with Crippen molar-refractivity contribution >= 4 is 5.97 Å². The highest BCUT2D eigenvalue weighted by atomic mass is 16.6. The lowest BCUT2D eigenvalue weighted by Gasteiger charge is -2.12. The van der Waals surface area contributed by atoms with E-state index in [1.807, 2.05) is 30.3 Å². The van der Waals surface area contributed by atoms with E-state index in [1.54, 1.807) is 0 Å². The van der Waals surface area contributed by atoms with E-state index in [0.29, 0.717) is 19.6 Å². The maximum atomic E-state index is 11.0. The van der Waals surface area contributed by atoms with Crippen molar-refractivity contribution in [3.05, 3.63) is 35.9 Å². The smallest absolute Gasteiger partial charge is 0.307 e. The van der Waals surface area contributed by atoms with E-state index >= 15 is 0 Å². The maximum absolute atomic E-state index is 11.0. The van der Waals surface area contributed by atoms with Crippen molar-refractivity contribution in [3.63, 3.8) is 0 Å². The quantitative estimate of drug-likeness (QED) is 0.523. The Bertz CT molecular complexity index is 340. The van der Waals surface area contributed by atoms with E-state index in [2.05, 4.69) is 12.4 Å². The van der Waals surface area contributed by atoms with Crippen molar-refractivity contribution in [2.75, 3.05) is 6.54 Å². The lowest BCUT2D eigenvalue weighted by atomic mass is 10.0. The van der Waals surface area contributed by atoms with Crippen LogP contribution in [0.5, 0.6) is 0 Å². The predicted molar refractivity (Wildman–Crippen MR) is 69.9 cm³/mol. The van der Waals surface area contributed by atoms with E-state index in [1.165, 1.54) is 0 Å². The van der Waals surface area contributed by atoms with E-state index in [0.717, 1.165) is 18.4 Å².